The number of aryl methyl sites for hydroxylation is 1. The van der Waals surface area contributed by atoms with E-state index in [2.05, 4.69) is 46.1 Å². The molecule has 2 atom stereocenters. The Morgan fingerprint density at radius 3 is 2.61 bits per heavy atom. The van der Waals surface area contributed by atoms with Crippen molar-refractivity contribution in [2.24, 2.45) is 0 Å². The van der Waals surface area contributed by atoms with Gasteiger partial charge in [-0.15, -0.1) is 0 Å². The van der Waals surface area contributed by atoms with Crippen molar-refractivity contribution in [2.45, 2.75) is 51.2 Å². The number of benzene rings is 3. The van der Waals surface area contributed by atoms with Crippen LogP contribution in [0.1, 0.15) is 56.1 Å². The molecule has 9 nitrogen and oxygen atoms in total. The number of likely N-dealkylation sites (tertiary alicyclic amines) is 1. The van der Waals surface area contributed by atoms with Gasteiger partial charge >= 0.3 is 6.09 Å². The molecule has 0 aliphatic carbocycles. The minimum Gasteiger partial charge on any atom is -0.465 e. The number of imidazole rings is 1. The summed E-state index contributed by atoms with van der Waals surface area (Å²) in [5, 5.41) is 14.2. The molecule has 5 aromatic rings. The fourth-order valence-electron chi connectivity index (χ4n) is 6.03. The number of aromatic amines is 1. The van der Waals surface area contributed by atoms with E-state index in [1.807, 2.05) is 24.4 Å². The van der Waals surface area contributed by atoms with Gasteiger partial charge in [0.25, 0.3) is 5.91 Å². The number of rotatable bonds is 8. The summed E-state index contributed by atoms with van der Waals surface area (Å²) in [6.45, 7) is 3.64. The molecule has 41 heavy (non-hydrogen) atoms. The third kappa shape index (κ3) is 4.99. The predicted octanol–water partition coefficient (Wildman–Crippen LogP) is 6.24. The van der Waals surface area contributed by atoms with Crippen molar-refractivity contribution >= 4 is 39.5 Å². The number of H-pyrrole nitrogens is 1. The van der Waals surface area contributed by atoms with Gasteiger partial charge in [0.05, 0.1) is 23.4 Å². The van der Waals surface area contributed by atoms with Crippen LogP contribution < -0.4 is 11.1 Å². The number of amides is 2. The number of unbranched alkanes of at least 4 members (excludes halogenated alkanes) is 1. The number of anilines is 1. The van der Waals surface area contributed by atoms with E-state index in [4.69, 9.17) is 10.7 Å². The number of aromatic nitrogens is 3. The number of carbonyl (C=O) groups is 2. The number of nitrogen functional groups attached to an aromatic ring is 1. The van der Waals surface area contributed by atoms with Crippen LogP contribution in [0.2, 0.25) is 0 Å². The minimum absolute atomic E-state index is 0.263. The second-order valence-electron chi connectivity index (χ2n) is 10.7. The van der Waals surface area contributed by atoms with E-state index in [0.29, 0.717) is 17.9 Å². The van der Waals surface area contributed by atoms with E-state index in [1.165, 1.54) is 10.8 Å². The Morgan fingerprint density at radius 2 is 1.85 bits per heavy atom. The lowest BCUT2D eigenvalue weighted by Gasteiger charge is -2.28. The van der Waals surface area contributed by atoms with Crippen LogP contribution in [0.15, 0.2) is 72.9 Å². The smallest absolute Gasteiger partial charge is 0.405 e. The zero-order valence-corrected chi connectivity index (χ0v) is 23.0. The molecule has 0 bridgehead atoms. The predicted molar refractivity (Wildman–Crippen MR) is 160 cm³/mol. The Kier molecular flexibility index (Phi) is 7.09. The highest BCUT2D eigenvalue weighted by Gasteiger charge is 2.37. The third-order valence-corrected chi connectivity index (χ3v) is 8.03. The Bertz CT molecular complexity index is 1720. The van der Waals surface area contributed by atoms with Crippen LogP contribution in [0.5, 0.6) is 0 Å². The standard InChI is InChI=1S/C32H34N6O3/c1-2-3-15-37-27-17-21(11-13-23(27)24-14-12-22(33)18-28(24)37)25-19-34-30(35-25)26-10-7-16-38(26)31(39)29(36-32(40)41)20-8-5-4-6-9-20/h4-6,8-9,11-14,17-19,26,29,36H,2-3,7,10,15-16,33H2,1H3,(H,34,35)(H,40,41)/t26-,29+/m0/s1. The Hall–Kier alpha value is -4.79. The number of hydrogen-bond donors (Lipinski definition) is 4. The van der Waals surface area contributed by atoms with Crippen LogP contribution in [0.4, 0.5) is 10.5 Å². The Labute approximate surface area is 238 Å². The normalized spacial score (nSPS) is 15.9. The molecular formula is C32H34N6O3. The molecule has 6 rings (SSSR count). The molecule has 0 spiro atoms. The third-order valence-electron chi connectivity index (χ3n) is 8.03. The summed E-state index contributed by atoms with van der Waals surface area (Å²) in [6.07, 6.45) is 4.30. The summed E-state index contributed by atoms with van der Waals surface area (Å²) in [7, 11) is 0. The molecule has 1 aliphatic rings. The van der Waals surface area contributed by atoms with Crippen molar-refractivity contribution in [3.05, 3.63) is 84.3 Å². The Morgan fingerprint density at radius 1 is 1.10 bits per heavy atom. The minimum atomic E-state index is -1.24. The summed E-state index contributed by atoms with van der Waals surface area (Å²) < 4.78 is 2.35. The van der Waals surface area contributed by atoms with E-state index < -0.39 is 12.1 Å². The molecule has 5 N–H and O–H groups in total. The lowest BCUT2D eigenvalue weighted by molar-refractivity contribution is -0.134. The monoisotopic (exact) mass is 550 g/mol. The maximum atomic E-state index is 13.7. The van der Waals surface area contributed by atoms with Gasteiger partial charge in [0.2, 0.25) is 0 Å². The van der Waals surface area contributed by atoms with E-state index in [0.717, 1.165) is 60.2 Å². The first kappa shape index (κ1) is 26.4. The topological polar surface area (TPSA) is 129 Å². The maximum Gasteiger partial charge on any atom is 0.405 e. The van der Waals surface area contributed by atoms with Crippen molar-refractivity contribution < 1.29 is 14.7 Å². The quantitative estimate of drug-likeness (QED) is 0.170. The molecule has 210 valence electrons. The van der Waals surface area contributed by atoms with Gasteiger partial charge in [-0.2, -0.15) is 0 Å². The molecular weight excluding hydrogens is 516 g/mol. The lowest BCUT2D eigenvalue weighted by atomic mass is 10.1. The van der Waals surface area contributed by atoms with Crippen LogP contribution in [0, 0.1) is 0 Å². The van der Waals surface area contributed by atoms with Gasteiger partial charge in [-0.3, -0.25) is 4.79 Å². The van der Waals surface area contributed by atoms with Crippen molar-refractivity contribution in [1.82, 2.24) is 24.8 Å². The van der Waals surface area contributed by atoms with Crippen LogP contribution in [-0.4, -0.2) is 43.1 Å². The van der Waals surface area contributed by atoms with Crippen molar-refractivity contribution in [3.8, 4) is 11.3 Å². The summed E-state index contributed by atoms with van der Waals surface area (Å²) in [6, 6.07) is 20.2. The number of nitrogens with two attached hydrogens (primary N) is 1. The lowest BCUT2D eigenvalue weighted by Crippen LogP contribution is -2.42. The number of nitrogens with one attached hydrogen (secondary N) is 2. The summed E-state index contributed by atoms with van der Waals surface area (Å²) >= 11 is 0. The van der Waals surface area contributed by atoms with Gasteiger partial charge < -0.3 is 30.6 Å². The molecule has 1 saturated heterocycles. The first-order valence-electron chi connectivity index (χ1n) is 14.2. The van der Waals surface area contributed by atoms with Gasteiger partial charge in [0, 0.05) is 40.6 Å². The van der Waals surface area contributed by atoms with Gasteiger partial charge in [-0.25, -0.2) is 9.78 Å². The molecule has 0 radical (unpaired) electrons. The highest BCUT2D eigenvalue weighted by Crippen LogP contribution is 2.36. The fourth-order valence-corrected chi connectivity index (χ4v) is 6.03. The zero-order valence-electron chi connectivity index (χ0n) is 23.0. The molecule has 9 heteroatoms. The molecule has 1 aliphatic heterocycles. The van der Waals surface area contributed by atoms with Gasteiger partial charge in [-0.05, 0) is 43.0 Å². The van der Waals surface area contributed by atoms with Crippen molar-refractivity contribution in [2.75, 3.05) is 12.3 Å². The molecule has 2 aromatic heterocycles. The Balaban J connectivity index is 1.32. The fraction of sp³-hybridized carbons (Fsp3) is 0.281. The molecule has 2 amide bonds. The van der Waals surface area contributed by atoms with E-state index >= 15 is 0 Å². The molecule has 3 aromatic carbocycles. The van der Waals surface area contributed by atoms with Crippen LogP contribution in [-0.2, 0) is 11.3 Å². The van der Waals surface area contributed by atoms with E-state index in [-0.39, 0.29) is 11.9 Å². The van der Waals surface area contributed by atoms with Crippen LogP contribution >= 0.6 is 0 Å². The molecule has 0 unspecified atom stereocenters. The number of fused-ring (bicyclic) bond motifs is 3. The zero-order chi connectivity index (χ0) is 28.5. The van der Waals surface area contributed by atoms with Crippen molar-refractivity contribution in [3.63, 3.8) is 0 Å². The first-order valence-corrected chi connectivity index (χ1v) is 14.2. The maximum absolute atomic E-state index is 13.7. The van der Waals surface area contributed by atoms with E-state index in [1.54, 1.807) is 29.2 Å². The summed E-state index contributed by atoms with van der Waals surface area (Å²) in [4.78, 5) is 35.1. The first-order chi connectivity index (χ1) is 19.9. The van der Waals surface area contributed by atoms with Gasteiger partial charge in [0.15, 0.2) is 0 Å². The molecule has 0 saturated carbocycles. The van der Waals surface area contributed by atoms with Gasteiger partial charge in [-0.1, -0.05) is 61.9 Å². The van der Waals surface area contributed by atoms with Crippen LogP contribution in [0.25, 0.3) is 33.1 Å². The highest BCUT2D eigenvalue weighted by molar-refractivity contribution is 6.09. The largest absolute Gasteiger partial charge is 0.465 e. The second kappa shape index (κ2) is 11.0. The number of nitrogens with zero attached hydrogens (tertiary/aromatic N) is 3. The SMILES string of the molecule is CCCCn1c2cc(N)ccc2c2ccc(-c3cnc([C@@H]4CCCN4C(=O)[C@H](NC(=O)O)c4ccccc4)[nH]3)cc21. The highest BCUT2D eigenvalue weighted by atomic mass is 16.4. The number of hydrogen-bond acceptors (Lipinski definition) is 4. The molecule has 1 fully saturated rings. The number of carbonyl (C=O) groups excluding carboxylic acids is 1. The van der Waals surface area contributed by atoms with Crippen LogP contribution in [0.3, 0.4) is 0 Å². The van der Waals surface area contributed by atoms with Gasteiger partial charge in [0.1, 0.15) is 11.9 Å². The summed E-state index contributed by atoms with van der Waals surface area (Å²) in [5.41, 5.74) is 11.7. The summed E-state index contributed by atoms with van der Waals surface area (Å²) in [5.74, 6) is 0.424. The molecule has 3 heterocycles. The average Bonchev–Trinajstić information content (AvgIpc) is 3.72. The average molecular weight is 551 g/mol. The van der Waals surface area contributed by atoms with E-state index in [9.17, 15) is 14.7 Å². The second-order valence-corrected chi connectivity index (χ2v) is 10.7. The van der Waals surface area contributed by atoms with Crippen molar-refractivity contribution in [1.29, 1.82) is 0 Å². The number of carboxylic acid groups (broad SMARTS) is 1.